The Labute approximate surface area is 130 Å². The van der Waals surface area contributed by atoms with E-state index in [0.29, 0.717) is 18.9 Å². The van der Waals surface area contributed by atoms with Gasteiger partial charge in [-0.15, -0.1) is 0 Å². The maximum atomic E-state index is 13.6. The monoisotopic (exact) mass is 308 g/mol. The van der Waals surface area contributed by atoms with Gasteiger partial charge in [-0.1, -0.05) is 39.1 Å². The van der Waals surface area contributed by atoms with Crippen molar-refractivity contribution < 1.29 is 9.18 Å². The fourth-order valence-corrected chi connectivity index (χ4v) is 2.74. The maximum Gasteiger partial charge on any atom is 0.223 e. The average molecular weight is 308 g/mol. The van der Waals surface area contributed by atoms with Gasteiger partial charge in [0.05, 0.1) is 0 Å². The molecule has 1 fully saturated rings. The first-order valence-electron chi connectivity index (χ1n) is 7.04. The molecule has 0 aromatic heterocycles. The van der Waals surface area contributed by atoms with Gasteiger partial charge in [0, 0.05) is 25.1 Å². The van der Waals surface area contributed by atoms with E-state index < -0.39 is 5.82 Å². The van der Waals surface area contributed by atoms with Crippen molar-refractivity contribution in [3.63, 3.8) is 0 Å². The molecule has 2 N–H and O–H groups in total. The number of thiocarbonyl (C=S) groups is 1. The summed E-state index contributed by atoms with van der Waals surface area (Å²) in [5.41, 5.74) is 6.70. The minimum absolute atomic E-state index is 0.0367. The highest BCUT2D eigenvalue weighted by atomic mass is 32.1. The Hall–Kier alpha value is -1.49. The summed E-state index contributed by atoms with van der Waals surface area (Å²) in [4.78, 5) is 14.0. The van der Waals surface area contributed by atoms with E-state index in [2.05, 4.69) is 20.8 Å². The van der Waals surface area contributed by atoms with Crippen LogP contribution in [0.4, 0.5) is 4.39 Å². The molecule has 1 aliphatic rings. The Kier molecular flexibility index (Phi) is 4.33. The molecule has 1 aromatic carbocycles. The van der Waals surface area contributed by atoms with E-state index in [9.17, 15) is 9.18 Å². The summed E-state index contributed by atoms with van der Waals surface area (Å²) in [6, 6.07) is 4.66. The highest BCUT2D eigenvalue weighted by Gasteiger charge is 2.36. The molecule has 1 heterocycles. The SMILES string of the molecule is CC(C)(C)C1CC(=O)N(Cc2ccc(F)c(C(N)=S)c2)C1. The van der Waals surface area contributed by atoms with Gasteiger partial charge in [-0.2, -0.15) is 0 Å². The Morgan fingerprint density at radius 3 is 2.67 bits per heavy atom. The second kappa shape index (κ2) is 5.72. The summed E-state index contributed by atoms with van der Waals surface area (Å²) >= 11 is 4.84. The van der Waals surface area contributed by atoms with Crippen LogP contribution in [-0.2, 0) is 11.3 Å². The smallest absolute Gasteiger partial charge is 0.223 e. The largest absolute Gasteiger partial charge is 0.389 e. The summed E-state index contributed by atoms with van der Waals surface area (Å²) < 4.78 is 13.6. The van der Waals surface area contributed by atoms with Crippen molar-refractivity contribution in [2.45, 2.75) is 33.7 Å². The molecule has 21 heavy (non-hydrogen) atoms. The lowest BCUT2D eigenvalue weighted by Gasteiger charge is -2.26. The average Bonchev–Trinajstić information content (AvgIpc) is 2.73. The van der Waals surface area contributed by atoms with Crippen LogP contribution < -0.4 is 5.73 Å². The number of nitrogens with zero attached hydrogens (tertiary/aromatic N) is 1. The fraction of sp³-hybridized carbons (Fsp3) is 0.500. The molecule has 1 aliphatic heterocycles. The molecule has 0 spiro atoms. The quantitative estimate of drug-likeness (QED) is 0.873. The lowest BCUT2D eigenvalue weighted by atomic mass is 9.80. The molecule has 5 heteroatoms. The number of nitrogens with two attached hydrogens (primary N) is 1. The molecule has 3 nitrogen and oxygen atoms in total. The molecule has 0 saturated carbocycles. The highest BCUT2D eigenvalue weighted by molar-refractivity contribution is 7.80. The summed E-state index contributed by atoms with van der Waals surface area (Å²) in [6.45, 7) is 7.66. The Morgan fingerprint density at radius 2 is 2.14 bits per heavy atom. The third kappa shape index (κ3) is 3.59. The number of benzene rings is 1. The van der Waals surface area contributed by atoms with E-state index in [4.69, 9.17) is 18.0 Å². The van der Waals surface area contributed by atoms with Crippen LogP contribution >= 0.6 is 12.2 Å². The van der Waals surface area contributed by atoms with E-state index >= 15 is 0 Å². The summed E-state index contributed by atoms with van der Waals surface area (Å²) in [5, 5.41) is 0. The molecule has 1 atom stereocenters. The normalized spacial score (nSPS) is 19.1. The molecule has 2 rings (SSSR count). The number of carbonyl (C=O) groups is 1. The lowest BCUT2D eigenvalue weighted by molar-refractivity contribution is -0.128. The Bertz CT molecular complexity index is 580. The number of amides is 1. The molecular weight excluding hydrogens is 287 g/mol. The molecule has 114 valence electrons. The van der Waals surface area contributed by atoms with E-state index in [0.717, 1.165) is 12.1 Å². The first kappa shape index (κ1) is 15.9. The van der Waals surface area contributed by atoms with Gasteiger partial charge in [-0.3, -0.25) is 4.79 Å². The molecule has 0 radical (unpaired) electrons. The first-order valence-corrected chi connectivity index (χ1v) is 7.45. The van der Waals surface area contributed by atoms with Gasteiger partial charge in [0.25, 0.3) is 0 Å². The zero-order chi connectivity index (χ0) is 15.8. The molecule has 0 aliphatic carbocycles. The van der Waals surface area contributed by atoms with Crippen molar-refractivity contribution in [1.82, 2.24) is 4.90 Å². The van der Waals surface area contributed by atoms with Gasteiger partial charge in [0.1, 0.15) is 10.8 Å². The van der Waals surface area contributed by atoms with Crippen molar-refractivity contribution >= 4 is 23.1 Å². The number of likely N-dealkylation sites (tertiary alicyclic amines) is 1. The molecule has 1 saturated heterocycles. The Balaban J connectivity index is 2.14. The van der Waals surface area contributed by atoms with Crippen LogP contribution in [0, 0.1) is 17.2 Å². The van der Waals surface area contributed by atoms with E-state index in [1.807, 2.05) is 4.90 Å². The summed E-state index contributed by atoms with van der Waals surface area (Å²) in [6.07, 6.45) is 0.576. The number of rotatable bonds is 3. The predicted molar refractivity (Wildman–Crippen MR) is 85.3 cm³/mol. The molecule has 0 bridgehead atoms. The minimum Gasteiger partial charge on any atom is -0.389 e. The van der Waals surface area contributed by atoms with Crippen LogP contribution in [-0.4, -0.2) is 22.3 Å². The van der Waals surface area contributed by atoms with E-state index in [1.54, 1.807) is 12.1 Å². The number of hydrogen-bond donors (Lipinski definition) is 1. The summed E-state index contributed by atoms with van der Waals surface area (Å²) in [5.74, 6) is 0.0724. The van der Waals surface area contributed by atoms with Gasteiger partial charge in [-0.25, -0.2) is 4.39 Å². The molecule has 1 amide bonds. The molecule has 1 aromatic rings. The fourth-order valence-electron chi connectivity index (χ4n) is 2.59. The first-order chi connectivity index (χ1) is 9.68. The minimum atomic E-state index is -0.424. The van der Waals surface area contributed by atoms with Crippen molar-refractivity contribution in [2.24, 2.45) is 17.1 Å². The van der Waals surface area contributed by atoms with E-state index in [-0.39, 0.29) is 21.9 Å². The standard InChI is InChI=1S/C16H21FN2OS/c1-16(2,3)11-7-14(20)19(9-11)8-10-4-5-13(17)12(6-10)15(18)21/h4-6,11H,7-9H2,1-3H3,(H2,18,21). The number of halogens is 1. The van der Waals surface area contributed by atoms with Crippen molar-refractivity contribution in [2.75, 3.05) is 6.54 Å². The van der Waals surface area contributed by atoms with Gasteiger partial charge in [0.15, 0.2) is 0 Å². The van der Waals surface area contributed by atoms with Crippen LogP contribution in [0.5, 0.6) is 0 Å². The third-order valence-electron chi connectivity index (χ3n) is 4.11. The summed E-state index contributed by atoms with van der Waals surface area (Å²) in [7, 11) is 0. The van der Waals surface area contributed by atoms with Crippen molar-refractivity contribution in [3.8, 4) is 0 Å². The van der Waals surface area contributed by atoms with Gasteiger partial charge < -0.3 is 10.6 Å². The Morgan fingerprint density at radius 1 is 1.48 bits per heavy atom. The zero-order valence-electron chi connectivity index (χ0n) is 12.6. The second-order valence-corrected chi connectivity index (χ2v) is 7.16. The lowest BCUT2D eigenvalue weighted by Crippen LogP contribution is -2.27. The number of carbonyl (C=O) groups excluding carboxylic acids is 1. The van der Waals surface area contributed by atoms with Crippen LogP contribution in [0.2, 0.25) is 0 Å². The van der Waals surface area contributed by atoms with Crippen LogP contribution in [0.25, 0.3) is 0 Å². The second-order valence-electron chi connectivity index (χ2n) is 6.72. The van der Waals surface area contributed by atoms with Gasteiger partial charge in [0.2, 0.25) is 5.91 Å². The van der Waals surface area contributed by atoms with E-state index in [1.165, 1.54) is 6.07 Å². The van der Waals surface area contributed by atoms with Crippen molar-refractivity contribution in [1.29, 1.82) is 0 Å². The van der Waals surface area contributed by atoms with Gasteiger partial charge >= 0.3 is 0 Å². The predicted octanol–water partition coefficient (Wildman–Crippen LogP) is 2.85. The molecular formula is C16H21FN2OS. The highest BCUT2D eigenvalue weighted by Crippen LogP contribution is 2.34. The van der Waals surface area contributed by atoms with Crippen LogP contribution in [0.1, 0.15) is 38.3 Å². The van der Waals surface area contributed by atoms with Crippen LogP contribution in [0.15, 0.2) is 18.2 Å². The topological polar surface area (TPSA) is 46.3 Å². The third-order valence-corrected chi connectivity index (χ3v) is 4.33. The maximum absolute atomic E-state index is 13.6. The van der Waals surface area contributed by atoms with Gasteiger partial charge in [-0.05, 0) is 29.0 Å². The van der Waals surface area contributed by atoms with Crippen molar-refractivity contribution in [3.05, 3.63) is 35.1 Å². The number of hydrogen-bond acceptors (Lipinski definition) is 2. The molecule has 1 unspecified atom stereocenters. The van der Waals surface area contributed by atoms with Crippen LogP contribution in [0.3, 0.4) is 0 Å². The zero-order valence-corrected chi connectivity index (χ0v) is 13.5.